The molecule has 0 aromatic heterocycles. The van der Waals surface area contributed by atoms with E-state index in [-0.39, 0.29) is 0 Å². The summed E-state index contributed by atoms with van der Waals surface area (Å²) >= 11 is 0. The minimum Gasteiger partial charge on any atom is -0.123 e. The fourth-order valence-electron chi connectivity index (χ4n) is 0.729. The Labute approximate surface area is 82.9 Å². The lowest BCUT2D eigenvalue weighted by atomic mass is 10.4. The molecule has 0 N–H and O–H groups in total. The summed E-state index contributed by atoms with van der Waals surface area (Å²) in [5.74, 6) is 0. The fourth-order valence-corrected chi connectivity index (χ4v) is 2.19. The van der Waals surface area contributed by atoms with E-state index in [1.54, 1.807) is 0 Å². The maximum atomic E-state index is 2.26. The van der Waals surface area contributed by atoms with Crippen LogP contribution in [0.1, 0.15) is 40.5 Å². The van der Waals surface area contributed by atoms with E-state index in [9.17, 15) is 0 Å². The van der Waals surface area contributed by atoms with Crippen LogP contribution in [0.3, 0.4) is 0 Å². The molecule has 0 fully saturated rings. The second-order valence-electron chi connectivity index (χ2n) is 2.66. The zero-order chi connectivity index (χ0) is 9.66. The molecular weight excluding hydrogens is 182 g/mol. The molecule has 0 rings (SSSR count). The Morgan fingerprint density at radius 2 is 1.25 bits per heavy atom. The third-order valence-electron chi connectivity index (χ3n) is 1.46. The molecule has 1 atom stereocenters. The van der Waals surface area contributed by atoms with Crippen LogP contribution in [0.25, 0.3) is 0 Å². The molecular formula is C10H26P2. The minimum absolute atomic E-state index is 1.20. The van der Waals surface area contributed by atoms with Crippen LogP contribution in [-0.4, -0.2) is 24.6 Å². The molecule has 0 nitrogen and oxygen atoms in total. The normalized spacial score (nSPS) is 10.0. The van der Waals surface area contributed by atoms with Gasteiger partial charge < -0.3 is 0 Å². The number of hydrogen-bond donors (Lipinski definition) is 0. The lowest BCUT2D eigenvalue weighted by Crippen LogP contribution is -1.73. The van der Waals surface area contributed by atoms with Crippen molar-refractivity contribution in [1.82, 2.24) is 0 Å². The van der Waals surface area contributed by atoms with Crippen LogP contribution in [0.2, 0.25) is 0 Å². The molecule has 0 aromatic carbocycles. The second kappa shape index (κ2) is 17.8. The molecule has 0 saturated heterocycles. The number of rotatable bonds is 6. The van der Waals surface area contributed by atoms with Gasteiger partial charge in [-0.3, -0.25) is 0 Å². The van der Waals surface area contributed by atoms with Gasteiger partial charge in [-0.2, -0.15) is 0 Å². The molecule has 0 radical (unpaired) electrons. The molecule has 0 bridgehead atoms. The average Bonchev–Trinajstić information content (AvgIpc) is 2.08. The third-order valence-corrected chi connectivity index (χ3v) is 3.66. The Kier molecular flexibility index (Phi) is 22.8. The van der Waals surface area contributed by atoms with Crippen molar-refractivity contribution in [3.63, 3.8) is 0 Å². The maximum absolute atomic E-state index is 2.26. The Balaban J connectivity index is 0. The van der Waals surface area contributed by atoms with Crippen molar-refractivity contribution in [2.24, 2.45) is 0 Å². The average molecular weight is 208 g/mol. The zero-order valence-electron chi connectivity index (χ0n) is 9.24. The smallest absolute Gasteiger partial charge is 0.0354 e. The highest BCUT2D eigenvalue weighted by molar-refractivity contribution is 7.38. The summed E-state index contributed by atoms with van der Waals surface area (Å²) in [6, 6.07) is 0. The summed E-state index contributed by atoms with van der Waals surface area (Å²) in [5, 5.41) is 0. The lowest BCUT2D eigenvalue weighted by molar-refractivity contribution is 0.893. The van der Waals surface area contributed by atoms with E-state index in [0.717, 1.165) is 0 Å². The molecule has 0 heterocycles. The SMILES string of the molecule is CCCCPCC.CCPCC. The molecule has 12 heavy (non-hydrogen) atoms. The van der Waals surface area contributed by atoms with Crippen LogP contribution < -0.4 is 0 Å². The Morgan fingerprint density at radius 3 is 1.50 bits per heavy atom. The molecule has 1 unspecified atom stereocenters. The van der Waals surface area contributed by atoms with Crippen molar-refractivity contribution in [2.75, 3.05) is 24.6 Å². The van der Waals surface area contributed by atoms with Crippen LogP contribution in [-0.2, 0) is 0 Å². The van der Waals surface area contributed by atoms with Crippen molar-refractivity contribution >= 4 is 17.2 Å². The highest BCUT2D eigenvalue weighted by Crippen LogP contribution is 2.09. The molecule has 2 heteroatoms. The van der Waals surface area contributed by atoms with Gasteiger partial charge in [0.25, 0.3) is 0 Å². The van der Waals surface area contributed by atoms with Crippen molar-refractivity contribution in [3.8, 4) is 0 Å². The van der Waals surface area contributed by atoms with Crippen molar-refractivity contribution in [3.05, 3.63) is 0 Å². The lowest BCUT2D eigenvalue weighted by Gasteiger charge is -1.91. The van der Waals surface area contributed by atoms with E-state index in [2.05, 4.69) is 27.7 Å². The summed E-state index contributed by atoms with van der Waals surface area (Å²) in [5.41, 5.74) is 0. The van der Waals surface area contributed by atoms with E-state index in [1.165, 1.54) is 54.7 Å². The van der Waals surface area contributed by atoms with Gasteiger partial charge in [0.2, 0.25) is 0 Å². The van der Waals surface area contributed by atoms with Gasteiger partial charge in [-0.05, 0) is 31.1 Å². The summed E-state index contributed by atoms with van der Waals surface area (Å²) in [6.45, 7) is 8.96. The standard InChI is InChI=1S/C6H15P.C4H11P/c1-3-5-6-7-4-2;1-3-5-4-2/h7H,3-6H2,1-2H3;5H,3-4H2,1-2H3. The summed E-state index contributed by atoms with van der Waals surface area (Å²) < 4.78 is 0. The molecule has 0 aliphatic carbocycles. The van der Waals surface area contributed by atoms with E-state index >= 15 is 0 Å². The van der Waals surface area contributed by atoms with Crippen molar-refractivity contribution in [1.29, 1.82) is 0 Å². The van der Waals surface area contributed by atoms with Crippen molar-refractivity contribution in [2.45, 2.75) is 40.5 Å². The van der Waals surface area contributed by atoms with Crippen molar-refractivity contribution < 1.29 is 0 Å². The van der Waals surface area contributed by atoms with Gasteiger partial charge >= 0.3 is 0 Å². The van der Waals surface area contributed by atoms with Gasteiger partial charge in [-0.1, -0.05) is 34.1 Å². The highest BCUT2D eigenvalue weighted by atomic mass is 31.1. The minimum atomic E-state index is 1.20. The molecule has 0 aromatic rings. The maximum Gasteiger partial charge on any atom is -0.0354 e. The zero-order valence-corrected chi connectivity index (χ0v) is 11.2. The predicted molar refractivity (Wildman–Crippen MR) is 68.0 cm³/mol. The first-order valence-corrected chi connectivity index (χ1v) is 8.07. The highest BCUT2D eigenvalue weighted by Gasteiger charge is 1.79. The first-order chi connectivity index (χ1) is 5.83. The van der Waals surface area contributed by atoms with Gasteiger partial charge in [-0.15, -0.1) is 17.2 Å². The molecule has 0 amide bonds. The van der Waals surface area contributed by atoms with Crippen LogP contribution in [0.4, 0.5) is 0 Å². The fraction of sp³-hybridized carbons (Fsp3) is 1.00. The van der Waals surface area contributed by atoms with Crippen LogP contribution in [0, 0.1) is 0 Å². The van der Waals surface area contributed by atoms with Crippen LogP contribution in [0.5, 0.6) is 0 Å². The summed E-state index contributed by atoms with van der Waals surface area (Å²) in [6.07, 6.45) is 8.40. The first-order valence-electron chi connectivity index (χ1n) is 5.24. The monoisotopic (exact) mass is 208 g/mol. The van der Waals surface area contributed by atoms with E-state index in [0.29, 0.717) is 0 Å². The van der Waals surface area contributed by atoms with Crippen LogP contribution >= 0.6 is 17.2 Å². The van der Waals surface area contributed by atoms with E-state index < -0.39 is 0 Å². The molecule has 0 saturated carbocycles. The quantitative estimate of drug-likeness (QED) is 0.453. The first kappa shape index (κ1) is 15.3. The molecule has 0 spiro atoms. The predicted octanol–water partition coefficient (Wildman–Crippen LogP) is 4.19. The molecule has 76 valence electrons. The van der Waals surface area contributed by atoms with E-state index in [4.69, 9.17) is 0 Å². The van der Waals surface area contributed by atoms with Gasteiger partial charge in [-0.25, -0.2) is 0 Å². The van der Waals surface area contributed by atoms with Gasteiger partial charge in [0.15, 0.2) is 0 Å². The van der Waals surface area contributed by atoms with Gasteiger partial charge in [0.05, 0.1) is 0 Å². The number of hydrogen-bond acceptors (Lipinski definition) is 0. The van der Waals surface area contributed by atoms with Gasteiger partial charge in [0.1, 0.15) is 0 Å². The summed E-state index contributed by atoms with van der Waals surface area (Å²) in [7, 11) is 2.42. The number of unbranched alkanes of at least 4 members (excludes halogenated alkanes) is 1. The molecule has 0 aliphatic rings. The topological polar surface area (TPSA) is 0 Å². The largest absolute Gasteiger partial charge is 0.123 e. The van der Waals surface area contributed by atoms with Crippen LogP contribution in [0.15, 0.2) is 0 Å². The second-order valence-corrected chi connectivity index (χ2v) is 6.29. The molecule has 0 aliphatic heterocycles. The Hall–Kier alpha value is 0.860. The van der Waals surface area contributed by atoms with Gasteiger partial charge in [0, 0.05) is 0 Å². The Morgan fingerprint density at radius 1 is 0.750 bits per heavy atom. The summed E-state index contributed by atoms with van der Waals surface area (Å²) in [4.78, 5) is 0. The Bertz CT molecular complexity index is 49.8. The van der Waals surface area contributed by atoms with E-state index in [1.807, 2.05) is 0 Å². The third kappa shape index (κ3) is 22.4.